The molecule has 1 amide bonds. The molecule has 3 aliphatic heterocycles. The third-order valence-electron chi connectivity index (χ3n) is 6.43. The van der Waals surface area contributed by atoms with Crippen LogP contribution in [-0.4, -0.2) is 62.9 Å². The number of rotatable bonds is 2. The summed E-state index contributed by atoms with van der Waals surface area (Å²) in [6, 6.07) is 7.22. The Morgan fingerprint density at radius 3 is 2.59 bits per heavy atom. The molecular formula is C21H30N2O5S. The summed E-state index contributed by atoms with van der Waals surface area (Å²) in [5, 5.41) is 0. The molecule has 1 saturated heterocycles. The summed E-state index contributed by atoms with van der Waals surface area (Å²) in [7, 11) is -3.38. The van der Waals surface area contributed by atoms with E-state index in [1.165, 1.54) is 5.56 Å². The Hall–Kier alpha value is -1.64. The van der Waals surface area contributed by atoms with E-state index in [0.29, 0.717) is 18.9 Å². The number of hydrogen-bond acceptors (Lipinski definition) is 5. The molecule has 0 spiro atoms. The maximum absolute atomic E-state index is 13.1. The van der Waals surface area contributed by atoms with Crippen molar-refractivity contribution in [3.63, 3.8) is 0 Å². The van der Waals surface area contributed by atoms with Crippen molar-refractivity contribution in [3.8, 4) is 5.75 Å². The molecule has 8 heteroatoms. The molecule has 0 aromatic heterocycles. The van der Waals surface area contributed by atoms with Gasteiger partial charge in [0, 0.05) is 12.1 Å². The van der Waals surface area contributed by atoms with Gasteiger partial charge < -0.3 is 14.4 Å². The van der Waals surface area contributed by atoms with E-state index in [1.54, 1.807) is 4.90 Å². The number of fused-ring (bicyclic) bond motifs is 5. The Kier molecular flexibility index (Phi) is 5.86. The quantitative estimate of drug-likeness (QED) is 0.788. The van der Waals surface area contributed by atoms with Crippen LogP contribution in [0.5, 0.6) is 5.75 Å². The van der Waals surface area contributed by atoms with Gasteiger partial charge in [0.15, 0.2) is 6.61 Å². The van der Waals surface area contributed by atoms with Gasteiger partial charge in [0.25, 0.3) is 5.91 Å². The number of amides is 1. The monoisotopic (exact) mass is 422 g/mol. The summed E-state index contributed by atoms with van der Waals surface area (Å²) >= 11 is 0. The second kappa shape index (κ2) is 8.24. The van der Waals surface area contributed by atoms with Gasteiger partial charge in [-0.05, 0) is 56.6 Å². The van der Waals surface area contributed by atoms with Gasteiger partial charge in [-0.3, -0.25) is 4.79 Å². The van der Waals surface area contributed by atoms with Crippen LogP contribution in [0.3, 0.4) is 0 Å². The van der Waals surface area contributed by atoms with Gasteiger partial charge in [0.1, 0.15) is 5.75 Å². The topological polar surface area (TPSA) is 84.9 Å². The number of benzene rings is 1. The van der Waals surface area contributed by atoms with E-state index < -0.39 is 10.0 Å². The van der Waals surface area contributed by atoms with Crippen LogP contribution in [0.25, 0.3) is 0 Å². The van der Waals surface area contributed by atoms with E-state index in [4.69, 9.17) is 9.47 Å². The zero-order chi connectivity index (χ0) is 20.6. The molecular weight excluding hydrogens is 392 g/mol. The Balaban J connectivity index is 1.62. The van der Waals surface area contributed by atoms with Crippen molar-refractivity contribution in [3.05, 3.63) is 29.8 Å². The van der Waals surface area contributed by atoms with Crippen molar-refractivity contribution in [2.75, 3.05) is 19.5 Å². The van der Waals surface area contributed by atoms with E-state index >= 15 is 0 Å². The van der Waals surface area contributed by atoms with Crippen LogP contribution in [0, 0.1) is 0 Å². The standard InChI is InChI=1S/C21H30N2O5S/c1-14-11-18(22-29(2,25)26)19-12-27-16-9-7-15(8-10-16)17-5-3-4-6-20(17)28-13-21(24)23(14)19/h3-6,14-16,18-19,22H,7-13H2,1-2H3/t14-,15?,16?,18-,19-/m0/s1. The number of hydrogen-bond donors (Lipinski definition) is 1. The molecule has 160 valence electrons. The molecule has 4 aliphatic rings. The van der Waals surface area contributed by atoms with Gasteiger partial charge in [0.05, 0.1) is 25.0 Å². The van der Waals surface area contributed by atoms with Gasteiger partial charge in [-0.1, -0.05) is 18.2 Å². The largest absolute Gasteiger partial charge is 0.483 e. The van der Waals surface area contributed by atoms with Crippen LogP contribution in [0.15, 0.2) is 24.3 Å². The Bertz CT molecular complexity index is 850. The molecule has 3 atom stereocenters. The highest BCUT2D eigenvalue weighted by atomic mass is 32.2. The number of sulfonamides is 1. The van der Waals surface area contributed by atoms with Crippen molar-refractivity contribution >= 4 is 15.9 Å². The fourth-order valence-electron chi connectivity index (χ4n) is 5.13. The van der Waals surface area contributed by atoms with E-state index in [1.807, 2.05) is 25.1 Å². The number of carbonyl (C=O) groups excluding carboxylic acids is 1. The first-order chi connectivity index (χ1) is 13.8. The number of para-hydroxylation sites is 1. The molecule has 1 aromatic carbocycles. The lowest BCUT2D eigenvalue weighted by Gasteiger charge is -2.33. The van der Waals surface area contributed by atoms with Crippen molar-refractivity contribution in [1.29, 1.82) is 0 Å². The first kappa shape index (κ1) is 20.6. The smallest absolute Gasteiger partial charge is 0.261 e. The number of carbonyl (C=O) groups is 1. The van der Waals surface area contributed by atoms with Crippen LogP contribution in [0.1, 0.15) is 50.5 Å². The molecule has 5 rings (SSSR count). The lowest BCUT2D eigenvalue weighted by Crippen LogP contribution is -2.51. The molecule has 0 unspecified atom stereocenters. The summed E-state index contributed by atoms with van der Waals surface area (Å²) in [5.41, 5.74) is 1.17. The van der Waals surface area contributed by atoms with Gasteiger partial charge in [-0.2, -0.15) is 0 Å². The zero-order valence-corrected chi connectivity index (χ0v) is 17.9. The van der Waals surface area contributed by atoms with Crippen molar-refractivity contribution in [2.24, 2.45) is 0 Å². The number of ether oxygens (including phenoxy) is 2. The Morgan fingerprint density at radius 1 is 1.14 bits per heavy atom. The molecule has 7 nitrogen and oxygen atoms in total. The summed E-state index contributed by atoms with van der Waals surface area (Å²) in [6.07, 6.45) is 5.83. The van der Waals surface area contributed by atoms with Gasteiger partial charge in [-0.15, -0.1) is 0 Å². The molecule has 1 N–H and O–H groups in total. The van der Waals surface area contributed by atoms with Gasteiger partial charge in [0.2, 0.25) is 10.0 Å². The summed E-state index contributed by atoms with van der Waals surface area (Å²) < 4.78 is 38.6. The highest BCUT2D eigenvalue weighted by Crippen LogP contribution is 2.39. The molecule has 0 radical (unpaired) electrons. The molecule has 3 heterocycles. The van der Waals surface area contributed by atoms with Crippen LogP contribution >= 0.6 is 0 Å². The zero-order valence-electron chi connectivity index (χ0n) is 17.0. The van der Waals surface area contributed by atoms with Crippen molar-refractivity contribution in [1.82, 2.24) is 9.62 Å². The third kappa shape index (κ3) is 4.59. The second-order valence-corrected chi connectivity index (χ2v) is 10.4. The molecule has 1 saturated carbocycles. The minimum atomic E-state index is -3.38. The average molecular weight is 423 g/mol. The number of nitrogens with one attached hydrogen (secondary N) is 1. The fourth-order valence-corrected chi connectivity index (χ4v) is 5.93. The summed E-state index contributed by atoms with van der Waals surface area (Å²) in [5.74, 6) is 1.06. The molecule has 1 aromatic rings. The van der Waals surface area contributed by atoms with Crippen LogP contribution in [0.2, 0.25) is 0 Å². The van der Waals surface area contributed by atoms with E-state index in [-0.39, 0.29) is 36.7 Å². The SMILES string of the molecule is C[C@H]1C[C@H](NS(C)(=O)=O)[C@@H]2COC3CCC(CC3)c3ccccc3OCC(=O)N12. The van der Waals surface area contributed by atoms with E-state index in [0.717, 1.165) is 37.7 Å². The molecule has 1 aliphatic carbocycles. The summed E-state index contributed by atoms with van der Waals surface area (Å²) in [6.45, 7) is 2.23. The van der Waals surface area contributed by atoms with Crippen LogP contribution in [0.4, 0.5) is 0 Å². The average Bonchev–Trinajstić information content (AvgIpc) is 2.98. The van der Waals surface area contributed by atoms with Crippen LogP contribution < -0.4 is 9.46 Å². The normalized spacial score (nSPS) is 33.1. The van der Waals surface area contributed by atoms with Gasteiger partial charge in [-0.25, -0.2) is 13.1 Å². The molecule has 2 fully saturated rings. The molecule has 2 bridgehead atoms. The van der Waals surface area contributed by atoms with Crippen molar-refractivity contribution < 1.29 is 22.7 Å². The predicted octanol–water partition coefficient (Wildman–Crippen LogP) is 2.03. The fraction of sp³-hybridized carbons (Fsp3) is 0.667. The summed E-state index contributed by atoms with van der Waals surface area (Å²) in [4.78, 5) is 14.8. The van der Waals surface area contributed by atoms with Gasteiger partial charge >= 0.3 is 0 Å². The minimum Gasteiger partial charge on any atom is -0.483 e. The second-order valence-electron chi connectivity index (χ2n) is 8.58. The maximum atomic E-state index is 13.1. The first-order valence-corrected chi connectivity index (χ1v) is 12.3. The third-order valence-corrected chi connectivity index (χ3v) is 7.16. The van der Waals surface area contributed by atoms with E-state index in [2.05, 4.69) is 10.8 Å². The first-order valence-electron chi connectivity index (χ1n) is 10.4. The highest BCUT2D eigenvalue weighted by molar-refractivity contribution is 7.88. The van der Waals surface area contributed by atoms with Crippen LogP contribution in [-0.2, 0) is 19.6 Å². The Labute approximate surface area is 172 Å². The van der Waals surface area contributed by atoms with Crippen molar-refractivity contribution in [2.45, 2.75) is 69.2 Å². The lowest BCUT2D eigenvalue weighted by molar-refractivity contribution is -0.138. The maximum Gasteiger partial charge on any atom is 0.261 e. The Morgan fingerprint density at radius 2 is 1.86 bits per heavy atom. The lowest BCUT2D eigenvalue weighted by atomic mass is 9.82. The highest BCUT2D eigenvalue weighted by Gasteiger charge is 2.43. The predicted molar refractivity (Wildman–Crippen MR) is 109 cm³/mol. The minimum absolute atomic E-state index is 0.0560. The van der Waals surface area contributed by atoms with E-state index in [9.17, 15) is 13.2 Å². The molecule has 29 heavy (non-hydrogen) atoms. The number of nitrogens with zero attached hydrogens (tertiary/aromatic N) is 1.